The number of hydrogen-bond acceptors (Lipinski definition) is 6. The van der Waals surface area contributed by atoms with E-state index >= 15 is 0 Å². The smallest absolute Gasteiger partial charge is 0.408 e. The molecule has 2 aliphatic carbocycles. The van der Waals surface area contributed by atoms with Gasteiger partial charge in [-0.2, -0.15) is 0 Å². The Kier molecular flexibility index (Phi) is 8.52. The summed E-state index contributed by atoms with van der Waals surface area (Å²) < 4.78 is 5.52. The van der Waals surface area contributed by atoms with Crippen LogP contribution in [0, 0.1) is 23.2 Å². The van der Waals surface area contributed by atoms with E-state index in [1.807, 2.05) is 31.2 Å². The molecule has 0 radical (unpaired) electrons. The fourth-order valence-electron chi connectivity index (χ4n) is 6.73. The second-order valence-corrected chi connectivity index (χ2v) is 13.2. The Hall–Kier alpha value is -3.43. The third-order valence-electron chi connectivity index (χ3n) is 8.91. The summed E-state index contributed by atoms with van der Waals surface area (Å²) in [4.78, 5) is 67.4. The molecule has 0 aromatic heterocycles. The van der Waals surface area contributed by atoms with Gasteiger partial charge in [-0.3, -0.25) is 19.2 Å². The molecule has 4 rings (SSSR count). The second-order valence-electron chi connectivity index (χ2n) is 13.2. The summed E-state index contributed by atoms with van der Waals surface area (Å²) in [5, 5.41) is 7.98. The van der Waals surface area contributed by atoms with Crippen LogP contribution in [0.25, 0.3) is 0 Å². The van der Waals surface area contributed by atoms with Crippen LogP contribution in [-0.2, 0) is 36.8 Å². The third kappa shape index (κ3) is 6.26. The number of amides is 4. The molecule has 2 fully saturated rings. The lowest BCUT2D eigenvalue weighted by Crippen LogP contribution is -2.59. The quantitative estimate of drug-likeness (QED) is 0.392. The zero-order chi connectivity index (χ0) is 30.3. The van der Waals surface area contributed by atoms with Gasteiger partial charge in [0.15, 0.2) is 0 Å². The standard InChI is InChI=1S/C31H44N4O6/c1-8-11-21(25(36)27(38)32-7)33-26(37)24-22-20(31(22,5)6)16-35(24)28(39)23(34-29(40)41-30(2,3)4)19-14-17-12-9-10-13-18(17)15-19/h9-10,12-13,19-24H,8,11,14-16H2,1-7H3,(H,32,38)(H,33,37)(H,34,40). The van der Waals surface area contributed by atoms with Gasteiger partial charge in [0.25, 0.3) is 5.91 Å². The molecule has 3 N–H and O–H groups in total. The van der Waals surface area contributed by atoms with E-state index in [0.717, 1.165) is 11.1 Å². The zero-order valence-electron chi connectivity index (χ0n) is 25.2. The minimum Gasteiger partial charge on any atom is -0.444 e. The van der Waals surface area contributed by atoms with Crippen LogP contribution in [0.1, 0.15) is 65.5 Å². The summed E-state index contributed by atoms with van der Waals surface area (Å²) in [7, 11) is 1.37. The highest BCUT2D eigenvalue weighted by molar-refractivity contribution is 6.38. The Morgan fingerprint density at radius 3 is 2.20 bits per heavy atom. The maximum absolute atomic E-state index is 14.3. The molecule has 4 amide bonds. The van der Waals surface area contributed by atoms with Gasteiger partial charge in [-0.1, -0.05) is 51.5 Å². The first-order chi connectivity index (χ1) is 19.2. The molecule has 0 spiro atoms. The highest BCUT2D eigenvalue weighted by Gasteiger charge is 2.69. The number of piperidine rings is 1. The Labute approximate surface area is 242 Å². The maximum Gasteiger partial charge on any atom is 0.408 e. The Morgan fingerprint density at radius 1 is 1.05 bits per heavy atom. The molecular formula is C31H44N4O6. The Balaban J connectivity index is 1.60. The fourth-order valence-corrected chi connectivity index (χ4v) is 6.73. The summed E-state index contributed by atoms with van der Waals surface area (Å²) in [5.41, 5.74) is 1.37. The highest BCUT2D eigenvalue weighted by atomic mass is 16.6. The van der Waals surface area contributed by atoms with Crippen molar-refractivity contribution in [2.75, 3.05) is 13.6 Å². The number of benzene rings is 1. The number of alkyl carbamates (subject to hydrolysis) is 1. The fraction of sp³-hybridized carbons (Fsp3) is 0.645. The van der Waals surface area contributed by atoms with E-state index < -0.39 is 47.4 Å². The number of ether oxygens (including phenoxy) is 1. The number of likely N-dealkylation sites (tertiary alicyclic amines) is 1. The van der Waals surface area contributed by atoms with Gasteiger partial charge in [-0.25, -0.2) is 4.79 Å². The third-order valence-corrected chi connectivity index (χ3v) is 8.91. The van der Waals surface area contributed by atoms with Crippen LogP contribution in [0.3, 0.4) is 0 Å². The van der Waals surface area contributed by atoms with Crippen molar-refractivity contribution in [1.29, 1.82) is 0 Å². The molecule has 1 heterocycles. The van der Waals surface area contributed by atoms with Gasteiger partial charge >= 0.3 is 6.09 Å². The maximum atomic E-state index is 14.3. The van der Waals surface area contributed by atoms with Gasteiger partial charge < -0.3 is 25.6 Å². The molecule has 1 aromatic carbocycles. The van der Waals surface area contributed by atoms with Crippen molar-refractivity contribution >= 4 is 29.6 Å². The van der Waals surface area contributed by atoms with E-state index in [0.29, 0.717) is 32.2 Å². The monoisotopic (exact) mass is 568 g/mol. The Morgan fingerprint density at radius 2 is 1.66 bits per heavy atom. The van der Waals surface area contributed by atoms with Crippen molar-refractivity contribution in [3.8, 4) is 0 Å². The van der Waals surface area contributed by atoms with Crippen molar-refractivity contribution < 1.29 is 28.7 Å². The first-order valence-electron chi connectivity index (χ1n) is 14.6. The molecule has 1 saturated heterocycles. The number of nitrogens with zero attached hydrogens (tertiary/aromatic N) is 1. The molecule has 5 atom stereocenters. The van der Waals surface area contributed by atoms with Gasteiger partial charge in [0.2, 0.25) is 17.6 Å². The van der Waals surface area contributed by atoms with Gasteiger partial charge in [0.05, 0.1) is 6.04 Å². The lowest BCUT2D eigenvalue weighted by Gasteiger charge is -2.35. The van der Waals surface area contributed by atoms with E-state index in [-0.39, 0.29) is 29.1 Å². The van der Waals surface area contributed by atoms with Gasteiger partial charge in [-0.05, 0) is 74.3 Å². The molecule has 10 nitrogen and oxygen atoms in total. The number of carbonyl (C=O) groups is 5. The molecule has 224 valence electrons. The topological polar surface area (TPSA) is 134 Å². The number of nitrogens with one attached hydrogen (secondary N) is 3. The number of ketones is 1. The van der Waals surface area contributed by atoms with Crippen molar-refractivity contribution in [1.82, 2.24) is 20.9 Å². The van der Waals surface area contributed by atoms with Crippen LogP contribution < -0.4 is 16.0 Å². The predicted octanol–water partition coefficient (Wildman–Crippen LogP) is 2.38. The Bertz CT molecular complexity index is 1200. The highest BCUT2D eigenvalue weighted by Crippen LogP contribution is 2.65. The van der Waals surface area contributed by atoms with Crippen molar-refractivity contribution in [3.63, 3.8) is 0 Å². The van der Waals surface area contributed by atoms with Gasteiger partial charge in [0, 0.05) is 13.6 Å². The van der Waals surface area contributed by atoms with Crippen LogP contribution >= 0.6 is 0 Å². The summed E-state index contributed by atoms with van der Waals surface area (Å²) in [6, 6.07) is 5.30. The van der Waals surface area contributed by atoms with Crippen LogP contribution in [0.4, 0.5) is 4.79 Å². The molecule has 1 saturated carbocycles. The normalized spacial score (nSPS) is 24.0. The van der Waals surface area contributed by atoms with E-state index in [9.17, 15) is 24.0 Å². The number of rotatable bonds is 9. The predicted molar refractivity (Wildman–Crippen MR) is 153 cm³/mol. The summed E-state index contributed by atoms with van der Waals surface area (Å²) in [6.45, 7) is 11.7. The molecule has 1 aliphatic heterocycles. The second kappa shape index (κ2) is 11.4. The molecule has 3 aliphatic rings. The average molecular weight is 569 g/mol. The zero-order valence-corrected chi connectivity index (χ0v) is 25.2. The number of fused-ring (bicyclic) bond motifs is 2. The van der Waals surface area contributed by atoms with Gasteiger partial charge in [-0.15, -0.1) is 0 Å². The van der Waals surface area contributed by atoms with Crippen molar-refractivity contribution in [2.45, 2.75) is 91.0 Å². The lowest BCUT2D eigenvalue weighted by molar-refractivity contribution is -0.144. The van der Waals surface area contributed by atoms with E-state index in [2.05, 4.69) is 29.8 Å². The molecule has 10 heteroatoms. The first kappa shape index (κ1) is 30.5. The van der Waals surface area contributed by atoms with E-state index in [1.54, 1.807) is 25.7 Å². The van der Waals surface area contributed by atoms with Crippen LogP contribution in [0.5, 0.6) is 0 Å². The van der Waals surface area contributed by atoms with E-state index in [4.69, 9.17) is 4.74 Å². The van der Waals surface area contributed by atoms with Crippen LogP contribution in [0.15, 0.2) is 24.3 Å². The SMILES string of the molecule is CCCC(NC(=O)C1C2C(CN1C(=O)C(NC(=O)OC(C)(C)C)C1Cc3ccccc3C1)C2(C)C)C(=O)C(=O)NC. The largest absolute Gasteiger partial charge is 0.444 e. The summed E-state index contributed by atoms with van der Waals surface area (Å²) in [5.74, 6) is -2.44. The number of carbonyl (C=O) groups excluding carboxylic acids is 5. The molecule has 0 bridgehead atoms. The minimum absolute atomic E-state index is 0.0909. The molecule has 5 unspecified atom stereocenters. The summed E-state index contributed by atoms with van der Waals surface area (Å²) >= 11 is 0. The van der Waals surface area contributed by atoms with E-state index in [1.165, 1.54) is 7.05 Å². The molecule has 1 aromatic rings. The minimum atomic E-state index is -0.981. The number of likely N-dealkylation sites (N-methyl/N-ethyl adjacent to an activating group) is 1. The number of hydrogen-bond donors (Lipinski definition) is 3. The van der Waals surface area contributed by atoms with Crippen molar-refractivity contribution in [2.24, 2.45) is 23.2 Å². The number of Topliss-reactive ketones (excluding diaryl/α,β-unsaturated/α-hetero) is 1. The lowest BCUT2D eigenvalue weighted by atomic mass is 9.93. The van der Waals surface area contributed by atoms with Crippen LogP contribution in [-0.4, -0.2) is 71.8 Å². The molecule has 41 heavy (non-hydrogen) atoms. The van der Waals surface area contributed by atoms with Gasteiger partial charge in [0.1, 0.15) is 17.7 Å². The molecular weight excluding hydrogens is 524 g/mol. The first-order valence-corrected chi connectivity index (χ1v) is 14.6. The van der Waals surface area contributed by atoms with Crippen molar-refractivity contribution in [3.05, 3.63) is 35.4 Å². The average Bonchev–Trinajstić information content (AvgIpc) is 3.28. The summed E-state index contributed by atoms with van der Waals surface area (Å²) in [6.07, 6.45) is 1.44. The van der Waals surface area contributed by atoms with Crippen LogP contribution in [0.2, 0.25) is 0 Å².